The molecule has 0 aliphatic heterocycles. The normalized spacial score (nSPS) is 10.9. The maximum atomic E-state index is 13.3. The topological polar surface area (TPSA) is 42.2 Å². The highest BCUT2D eigenvalue weighted by atomic mass is 35.5. The Balaban J connectivity index is 2.01. The molecule has 0 radical (unpaired) electrons. The molecule has 0 spiro atoms. The number of aryl methyl sites for hydroxylation is 2. The Kier molecular flexibility index (Phi) is 3.62. The third-order valence-electron chi connectivity index (χ3n) is 3.57. The van der Waals surface area contributed by atoms with Crippen LogP contribution >= 0.6 is 11.6 Å². The molecule has 2 aromatic carbocycles. The molecule has 22 heavy (non-hydrogen) atoms. The lowest BCUT2D eigenvalue weighted by molar-refractivity contribution is 0.0998. The molecule has 0 bridgehead atoms. The van der Waals surface area contributed by atoms with Crippen LogP contribution in [0.5, 0.6) is 0 Å². The molecule has 1 N–H and O–H groups in total. The second-order valence-corrected chi connectivity index (χ2v) is 5.49. The average molecular weight is 318 g/mol. The Morgan fingerprint density at radius 3 is 2.73 bits per heavy atom. The van der Waals surface area contributed by atoms with E-state index in [2.05, 4.69) is 5.32 Å². The van der Waals surface area contributed by atoms with E-state index in [-0.39, 0.29) is 5.76 Å². The van der Waals surface area contributed by atoms with Crippen molar-refractivity contribution in [1.29, 1.82) is 0 Å². The molecular weight excluding hydrogens is 305 g/mol. The van der Waals surface area contributed by atoms with Gasteiger partial charge in [-0.3, -0.25) is 4.79 Å². The number of anilines is 1. The SMILES string of the molecule is Cc1ccc(F)cc1NC(=O)c1oc2c(Cl)cccc2c1C. The number of para-hydroxylation sites is 1. The van der Waals surface area contributed by atoms with Crippen molar-refractivity contribution in [2.75, 3.05) is 5.32 Å². The molecule has 1 aromatic heterocycles. The summed E-state index contributed by atoms with van der Waals surface area (Å²) < 4.78 is 18.9. The van der Waals surface area contributed by atoms with Crippen LogP contribution in [0.4, 0.5) is 10.1 Å². The number of furan rings is 1. The summed E-state index contributed by atoms with van der Waals surface area (Å²) in [5.41, 5.74) is 2.35. The molecule has 3 rings (SSSR count). The molecule has 3 aromatic rings. The Bertz CT molecular complexity index is 886. The second-order valence-electron chi connectivity index (χ2n) is 5.09. The number of halogens is 2. The van der Waals surface area contributed by atoms with Crippen LogP contribution in [-0.4, -0.2) is 5.91 Å². The van der Waals surface area contributed by atoms with E-state index in [1.807, 2.05) is 6.07 Å². The van der Waals surface area contributed by atoms with Gasteiger partial charge in [0.1, 0.15) is 5.82 Å². The Hall–Kier alpha value is -2.33. The molecule has 0 atom stereocenters. The highest BCUT2D eigenvalue weighted by molar-refractivity contribution is 6.35. The number of hydrogen-bond acceptors (Lipinski definition) is 2. The van der Waals surface area contributed by atoms with Crippen LogP contribution < -0.4 is 5.32 Å². The Morgan fingerprint density at radius 1 is 1.23 bits per heavy atom. The molecular formula is C17H13ClFNO2. The van der Waals surface area contributed by atoms with Gasteiger partial charge in [0.15, 0.2) is 11.3 Å². The van der Waals surface area contributed by atoms with Crippen molar-refractivity contribution in [2.45, 2.75) is 13.8 Å². The van der Waals surface area contributed by atoms with Crippen LogP contribution in [0.15, 0.2) is 40.8 Å². The van der Waals surface area contributed by atoms with Gasteiger partial charge in [-0.25, -0.2) is 4.39 Å². The third-order valence-corrected chi connectivity index (χ3v) is 3.87. The van der Waals surface area contributed by atoms with E-state index in [9.17, 15) is 9.18 Å². The Morgan fingerprint density at radius 2 is 2.00 bits per heavy atom. The van der Waals surface area contributed by atoms with Crippen molar-refractivity contribution < 1.29 is 13.6 Å². The van der Waals surface area contributed by atoms with Gasteiger partial charge in [0, 0.05) is 16.6 Å². The van der Waals surface area contributed by atoms with E-state index >= 15 is 0 Å². The summed E-state index contributed by atoms with van der Waals surface area (Å²) in [5.74, 6) is -0.671. The number of rotatable bonds is 2. The number of nitrogens with one attached hydrogen (secondary N) is 1. The first-order valence-electron chi connectivity index (χ1n) is 6.72. The number of fused-ring (bicyclic) bond motifs is 1. The summed E-state index contributed by atoms with van der Waals surface area (Å²) in [7, 11) is 0. The first-order chi connectivity index (χ1) is 10.5. The fourth-order valence-corrected chi connectivity index (χ4v) is 2.55. The molecule has 112 valence electrons. The predicted octanol–water partition coefficient (Wildman–Crippen LogP) is 5.09. The molecule has 1 amide bonds. The molecule has 3 nitrogen and oxygen atoms in total. The first-order valence-corrected chi connectivity index (χ1v) is 7.10. The fourth-order valence-electron chi connectivity index (χ4n) is 2.33. The van der Waals surface area contributed by atoms with E-state index < -0.39 is 11.7 Å². The molecule has 5 heteroatoms. The van der Waals surface area contributed by atoms with Gasteiger partial charge in [-0.1, -0.05) is 29.8 Å². The second kappa shape index (κ2) is 5.46. The van der Waals surface area contributed by atoms with Gasteiger partial charge in [0.25, 0.3) is 5.91 Å². The van der Waals surface area contributed by atoms with E-state index in [1.54, 1.807) is 32.0 Å². The maximum Gasteiger partial charge on any atom is 0.291 e. The van der Waals surface area contributed by atoms with Crippen LogP contribution in [0.3, 0.4) is 0 Å². The lowest BCUT2D eigenvalue weighted by atomic mass is 10.1. The molecule has 0 saturated carbocycles. The molecule has 0 aliphatic carbocycles. The fraction of sp³-hybridized carbons (Fsp3) is 0.118. The van der Waals surface area contributed by atoms with Gasteiger partial charge in [-0.15, -0.1) is 0 Å². The zero-order valence-corrected chi connectivity index (χ0v) is 12.8. The summed E-state index contributed by atoms with van der Waals surface area (Å²) in [5, 5.41) is 3.90. The average Bonchev–Trinajstić information content (AvgIpc) is 2.82. The Labute approximate surface area is 131 Å². The van der Waals surface area contributed by atoms with Crippen molar-refractivity contribution >= 4 is 34.2 Å². The maximum absolute atomic E-state index is 13.3. The number of benzene rings is 2. The lowest BCUT2D eigenvalue weighted by Gasteiger charge is -2.07. The summed E-state index contributed by atoms with van der Waals surface area (Å²) in [6.07, 6.45) is 0. The predicted molar refractivity (Wildman–Crippen MR) is 85.1 cm³/mol. The van der Waals surface area contributed by atoms with Crippen molar-refractivity contribution in [2.24, 2.45) is 0 Å². The van der Waals surface area contributed by atoms with Crippen molar-refractivity contribution in [3.05, 3.63) is 64.1 Å². The van der Waals surface area contributed by atoms with Crippen LogP contribution in [-0.2, 0) is 0 Å². The summed E-state index contributed by atoms with van der Waals surface area (Å²) in [4.78, 5) is 12.4. The number of hydrogen-bond donors (Lipinski definition) is 1. The number of carbonyl (C=O) groups excluding carboxylic acids is 1. The zero-order valence-electron chi connectivity index (χ0n) is 12.0. The molecule has 0 fully saturated rings. The summed E-state index contributed by atoms with van der Waals surface area (Å²) in [6.45, 7) is 3.58. The van der Waals surface area contributed by atoms with E-state index in [1.165, 1.54) is 12.1 Å². The van der Waals surface area contributed by atoms with Gasteiger partial charge in [0.05, 0.1) is 5.02 Å². The number of carbonyl (C=O) groups is 1. The van der Waals surface area contributed by atoms with E-state index in [0.717, 1.165) is 10.9 Å². The van der Waals surface area contributed by atoms with Gasteiger partial charge < -0.3 is 9.73 Å². The van der Waals surface area contributed by atoms with Crippen LogP contribution in [0.1, 0.15) is 21.7 Å². The molecule has 0 unspecified atom stereocenters. The van der Waals surface area contributed by atoms with E-state index in [0.29, 0.717) is 21.9 Å². The molecule has 1 heterocycles. The van der Waals surface area contributed by atoms with Gasteiger partial charge in [-0.05, 0) is 37.6 Å². The lowest BCUT2D eigenvalue weighted by Crippen LogP contribution is -2.13. The quantitative estimate of drug-likeness (QED) is 0.715. The minimum absolute atomic E-state index is 0.173. The highest BCUT2D eigenvalue weighted by Crippen LogP contribution is 2.31. The van der Waals surface area contributed by atoms with Crippen LogP contribution in [0.25, 0.3) is 11.0 Å². The van der Waals surface area contributed by atoms with Gasteiger partial charge in [-0.2, -0.15) is 0 Å². The minimum atomic E-state index is -0.432. The number of amides is 1. The van der Waals surface area contributed by atoms with Crippen molar-refractivity contribution in [3.63, 3.8) is 0 Å². The highest BCUT2D eigenvalue weighted by Gasteiger charge is 2.19. The first kappa shape index (κ1) is 14.6. The molecule has 0 saturated heterocycles. The summed E-state index contributed by atoms with van der Waals surface area (Å²) in [6, 6.07) is 9.56. The van der Waals surface area contributed by atoms with Crippen molar-refractivity contribution in [3.8, 4) is 0 Å². The smallest absolute Gasteiger partial charge is 0.291 e. The van der Waals surface area contributed by atoms with Crippen molar-refractivity contribution in [1.82, 2.24) is 0 Å². The van der Waals surface area contributed by atoms with Crippen LogP contribution in [0, 0.1) is 19.7 Å². The minimum Gasteiger partial charge on any atom is -0.449 e. The summed E-state index contributed by atoms with van der Waals surface area (Å²) >= 11 is 6.08. The monoisotopic (exact) mass is 317 g/mol. The third kappa shape index (κ3) is 2.46. The van der Waals surface area contributed by atoms with E-state index in [4.69, 9.17) is 16.0 Å². The van der Waals surface area contributed by atoms with Gasteiger partial charge in [0.2, 0.25) is 0 Å². The standard InChI is InChI=1S/C17H13ClFNO2/c1-9-6-7-11(19)8-14(9)20-17(21)15-10(2)12-4-3-5-13(18)16(12)22-15/h3-8H,1-2H3,(H,20,21). The van der Waals surface area contributed by atoms with Gasteiger partial charge >= 0.3 is 0 Å². The van der Waals surface area contributed by atoms with Crippen LogP contribution in [0.2, 0.25) is 5.02 Å². The molecule has 0 aliphatic rings. The largest absolute Gasteiger partial charge is 0.449 e. The zero-order chi connectivity index (χ0) is 15.9.